The topological polar surface area (TPSA) is 49.4 Å². The Morgan fingerprint density at radius 1 is 1.07 bits per heavy atom. The van der Waals surface area contributed by atoms with Gasteiger partial charge in [-0.2, -0.15) is 11.8 Å². The first kappa shape index (κ1) is 24.3. The van der Waals surface area contributed by atoms with Gasteiger partial charge in [-0.05, 0) is 37.5 Å². The van der Waals surface area contributed by atoms with Crippen LogP contribution in [0.5, 0.6) is 0 Å². The first-order valence-electron chi connectivity index (χ1n) is 10.4. The molecule has 4 nitrogen and oxygen atoms in total. The average Bonchev–Trinajstić information content (AvgIpc) is 2.76. The fraction of sp³-hybridized carbons (Fsp3) is 0.417. The zero-order valence-electron chi connectivity index (χ0n) is 17.9. The highest BCUT2D eigenvalue weighted by Gasteiger charge is 2.27. The van der Waals surface area contributed by atoms with E-state index in [2.05, 4.69) is 17.4 Å². The molecule has 0 saturated heterocycles. The summed E-state index contributed by atoms with van der Waals surface area (Å²) in [6, 6.07) is 17.1. The maximum atomic E-state index is 13.1. The van der Waals surface area contributed by atoms with E-state index in [1.54, 1.807) is 29.7 Å². The van der Waals surface area contributed by atoms with Gasteiger partial charge < -0.3 is 10.2 Å². The second-order valence-electron chi connectivity index (χ2n) is 7.40. The third-order valence-electron chi connectivity index (χ3n) is 5.04. The minimum atomic E-state index is -0.568. The number of halogens is 1. The highest BCUT2D eigenvalue weighted by atomic mass is 35.5. The smallest absolute Gasteiger partial charge is 0.242 e. The zero-order chi connectivity index (χ0) is 21.9. The van der Waals surface area contributed by atoms with Crippen molar-refractivity contribution in [1.82, 2.24) is 10.2 Å². The molecule has 30 heavy (non-hydrogen) atoms. The van der Waals surface area contributed by atoms with Crippen molar-refractivity contribution in [3.63, 3.8) is 0 Å². The van der Waals surface area contributed by atoms with Gasteiger partial charge in [0.25, 0.3) is 0 Å². The van der Waals surface area contributed by atoms with Gasteiger partial charge in [-0.25, -0.2) is 0 Å². The van der Waals surface area contributed by atoms with E-state index in [4.69, 9.17) is 11.6 Å². The largest absolute Gasteiger partial charge is 0.352 e. The van der Waals surface area contributed by atoms with Gasteiger partial charge >= 0.3 is 0 Å². The molecule has 0 saturated carbocycles. The third-order valence-corrected chi connectivity index (χ3v) is 6.44. The molecule has 2 aromatic rings. The lowest BCUT2D eigenvalue weighted by Crippen LogP contribution is -2.49. The van der Waals surface area contributed by atoms with Gasteiger partial charge in [0.05, 0.1) is 0 Å². The first-order valence-corrected chi connectivity index (χ1v) is 11.9. The Labute approximate surface area is 189 Å². The number of hydrogen-bond donors (Lipinski definition) is 1. The molecule has 2 amide bonds. The van der Waals surface area contributed by atoms with Crippen LogP contribution in [0.25, 0.3) is 0 Å². The number of amides is 2. The van der Waals surface area contributed by atoms with Crippen LogP contribution in [0.3, 0.4) is 0 Å². The van der Waals surface area contributed by atoms with Gasteiger partial charge in [-0.1, -0.05) is 67.1 Å². The van der Waals surface area contributed by atoms with Crippen molar-refractivity contribution in [1.29, 1.82) is 0 Å². The summed E-state index contributed by atoms with van der Waals surface area (Å²) < 4.78 is 0. The van der Waals surface area contributed by atoms with Gasteiger partial charge in [-0.3, -0.25) is 9.59 Å². The van der Waals surface area contributed by atoms with E-state index in [-0.39, 0.29) is 17.9 Å². The van der Waals surface area contributed by atoms with Crippen LogP contribution in [-0.4, -0.2) is 34.6 Å². The average molecular weight is 447 g/mol. The van der Waals surface area contributed by atoms with Crippen LogP contribution < -0.4 is 5.32 Å². The molecule has 0 fully saturated rings. The summed E-state index contributed by atoms with van der Waals surface area (Å²) in [4.78, 5) is 27.4. The number of rotatable bonds is 11. The lowest BCUT2D eigenvalue weighted by atomic mass is 10.1. The van der Waals surface area contributed by atoms with Gasteiger partial charge in [0, 0.05) is 35.5 Å². The monoisotopic (exact) mass is 446 g/mol. The number of nitrogens with zero attached hydrogens (tertiary/aromatic N) is 1. The van der Waals surface area contributed by atoms with E-state index in [1.807, 2.05) is 50.2 Å². The van der Waals surface area contributed by atoms with Crippen LogP contribution in [0.4, 0.5) is 0 Å². The molecule has 2 aromatic carbocycles. The normalized spacial score (nSPS) is 12.8. The number of carbonyl (C=O) groups is 2. The van der Waals surface area contributed by atoms with Gasteiger partial charge in [0.2, 0.25) is 11.8 Å². The Morgan fingerprint density at radius 2 is 1.73 bits per heavy atom. The van der Waals surface area contributed by atoms with Crippen molar-refractivity contribution in [2.45, 2.75) is 58.0 Å². The van der Waals surface area contributed by atoms with E-state index < -0.39 is 6.04 Å². The second-order valence-corrected chi connectivity index (χ2v) is 8.91. The quantitative estimate of drug-likeness (QED) is 0.477. The first-order chi connectivity index (χ1) is 14.4. The highest BCUT2D eigenvalue weighted by molar-refractivity contribution is 7.98. The molecule has 0 heterocycles. The fourth-order valence-electron chi connectivity index (χ4n) is 2.93. The molecule has 2 rings (SSSR count). The molecular weight excluding hydrogens is 416 g/mol. The molecule has 1 N–H and O–H groups in total. The predicted molar refractivity (Wildman–Crippen MR) is 127 cm³/mol. The Balaban J connectivity index is 2.02. The van der Waals surface area contributed by atoms with Crippen molar-refractivity contribution < 1.29 is 9.59 Å². The van der Waals surface area contributed by atoms with Crippen LogP contribution >= 0.6 is 23.4 Å². The summed E-state index contributed by atoms with van der Waals surface area (Å²) in [7, 11) is 0. The molecule has 0 aliphatic carbocycles. The molecule has 0 aliphatic heterocycles. The van der Waals surface area contributed by atoms with Crippen molar-refractivity contribution in [2.75, 3.05) is 5.75 Å². The minimum Gasteiger partial charge on any atom is -0.352 e. The van der Waals surface area contributed by atoms with Gasteiger partial charge in [0.1, 0.15) is 6.04 Å². The summed E-state index contributed by atoms with van der Waals surface area (Å²) in [6.07, 6.45) is 1.22. The third kappa shape index (κ3) is 7.69. The van der Waals surface area contributed by atoms with Crippen molar-refractivity contribution >= 4 is 35.2 Å². The molecular formula is C24H31ClN2O2S. The lowest BCUT2D eigenvalue weighted by molar-refractivity contribution is -0.140. The van der Waals surface area contributed by atoms with Crippen LogP contribution in [0, 0.1) is 0 Å². The molecule has 0 unspecified atom stereocenters. The van der Waals surface area contributed by atoms with Crippen molar-refractivity contribution in [3.05, 3.63) is 70.7 Å². The number of benzene rings is 2. The Bertz CT molecular complexity index is 816. The van der Waals surface area contributed by atoms with Crippen molar-refractivity contribution in [3.8, 4) is 0 Å². The Hall–Kier alpha value is -1.98. The van der Waals surface area contributed by atoms with Crippen LogP contribution in [0.1, 0.15) is 44.7 Å². The fourth-order valence-corrected chi connectivity index (χ4v) is 4.01. The summed E-state index contributed by atoms with van der Waals surface area (Å²) in [5.74, 6) is 1.39. The zero-order valence-corrected chi connectivity index (χ0v) is 19.5. The Morgan fingerprint density at radius 3 is 2.40 bits per heavy atom. The number of carbonyl (C=O) groups excluding carboxylic acids is 2. The summed E-state index contributed by atoms with van der Waals surface area (Å²) in [5.41, 5.74) is 2.08. The van der Waals surface area contributed by atoms with E-state index in [9.17, 15) is 9.59 Å². The minimum absolute atomic E-state index is 0.0396. The number of thioether (sulfide) groups is 1. The molecule has 0 aliphatic rings. The standard InChI is InChI=1S/C24H31ClN2O2S/c1-4-18(2)26-24(29)19(3)27(16-21-12-8-9-13-22(21)25)23(28)14-15-30-17-20-10-6-5-7-11-20/h5-13,18-19H,4,14-17H2,1-3H3,(H,26,29)/t18-,19+/m1/s1. The lowest BCUT2D eigenvalue weighted by Gasteiger charge is -2.30. The van der Waals surface area contributed by atoms with E-state index >= 15 is 0 Å². The van der Waals surface area contributed by atoms with Crippen LogP contribution in [0.2, 0.25) is 5.02 Å². The summed E-state index contributed by atoms with van der Waals surface area (Å²) >= 11 is 8.04. The predicted octanol–water partition coefficient (Wildman–Crippen LogP) is 5.30. The van der Waals surface area contributed by atoms with Crippen molar-refractivity contribution in [2.24, 2.45) is 0 Å². The molecule has 6 heteroatoms. The summed E-state index contributed by atoms with van der Waals surface area (Å²) in [5, 5.41) is 3.58. The summed E-state index contributed by atoms with van der Waals surface area (Å²) in [6.45, 7) is 6.08. The van der Waals surface area contributed by atoms with Gasteiger partial charge in [0.15, 0.2) is 0 Å². The molecule has 0 bridgehead atoms. The molecule has 162 valence electrons. The maximum Gasteiger partial charge on any atom is 0.242 e. The van der Waals surface area contributed by atoms with E-state index in [1.165, 1.54) is 5.56 Å². The number of nitrogens with one attached hydrogen (secondary N) is 1. The van der Waals surface area contributed by atoms with E-state index in [0.717, 1.165) is 17.7 Å². The molecule has 2 atom stereocenters. The van der Waals surface area contributed by atoms with E-state index in [0.29, 0.717) is 23.7 Å². The SMILES string of the molecule is CC[C@@H](C)NC(=O)[C@H](C)N(Cc1ccccc1Cl)C(=O)CCSCc1ccccc1. The van der Waals surface area contributed by atoms with Gasteiger partial charge in [-0.15, -0.1) is 0 Å². The van der Waals surface area contributed by atoms with Crippen LogP contribution in [0.15, 0.2) is 54.6 Å². The van der Waals surface area contributed by atoms with Crippen LogP contribution in [-0.2, 0) is 21.9 Å². The number of hydrogen-bond acceptors (Lipinski definition) is 3. The maximum absolute atomic E-state index is 13.1. The highest BCUT2D eigenvalue weighted by Crippen LogP contribution is 2.20. The second kappa shape index (κ2) is 12.7. The molecule has 0 radical (unpaired) electrons. The molecule has 0 aromatic heterocycles. The Kier molecular flexibility index (Phi) is 10.2. The molecule has 0 spiro atoms.